The number of hydrogen-bond acceptors (Lipinski definition) is 3. The molecule has 138 valence electrons. The van der Waals surface area contributed by atoms with Gasteiger partial charge in [0.25, 0.3) is 10.0 Å². The maximum atomic E-state index is 13.8. The second kappa shape index (κ2) is 7.03. The van der Waals surface area contributed by atoms with Crippen LogP contribution in [0.15, 0.2) is 41.3 Å². The Morgan fingerprint density at radius 1 is 1.15 bits per heavy atom. The van der Waals surface area contributed by atoms with Crippen LogP contribution < -0.4 is 4.72 Å². The summed E-state index contributed by atoms with van der Waals surface area (Å²) < 4.78 is 54.1. The average Bonchev–Trinajstić information content (AvgIpc) is 2.62. The van der Waals surface area contributed by atoms with Gasteiger partial charge in [-0.05, 0) is 47.9 Å². The van der Waals surface area contributed by atoms with Crippen molar-refractivity contribution in [3.63, 3.8) is 0 Å². The Kier molecular flexibility index (Phi) is 4.95. The monoisotopic (exact) mass is 380 g/mol. The van der Waals surface area contributed by atoms with Crippen LogP contribution in [0.4, 0.5) is 14.5 Å². The van der Waals surface area contributed by atoms with E-state index in [1.165, 1.54) is 0 Å². The van der Waals surface area contributed by atoms with Crippen LogP contribution in [0.2, 0.25) is 0 Å². The van der Waals surface area contributed by atoms with Crippen molar-refractivity contribution in [3.05, 3.63) is 59.2 Å². The number of amides is 1. The fraction of sp³-hybridized carbons (Fsp3) is 0.278. The Hall–Kier alpha value is -2.48. The lowest BCUT2D eigenvalue weighted by Gasteiger charge is -2.29. The molecule has 0 aliphatic carbocycles. The second-order valence-electron chi connectivity index (χ2n) is 6.08. The van der Waals surface area contributed by atoms with Gasteiger partial charge in [0.15, 0.2) is 0 Å². The Morgan fingerprint density at radius 2 is 1.92 bits per heavy atom. The average molecular weight is 380 g/mol. The first-order valence-electron chi connectivity index (χ1n) is 8.17. The molecule has 1 aliphatic heterocycles. The summed E-state index contributed by atoms with van der Waals surface area (Å²) in [6.07, 6.45) is 1.09. The molecule has 1 N–H and O–H groups in total. The number of nitrogens with zero attached hydrogens (tertiary/aromatic N) is 1. The van der Waals surface area contributed by atoms with E-state index in [-0.39, 0.29) is 11.6 Å². The van der Waals surface area contributed by atoms with Crippen molar-refractivity contribution in [2.75, 3.05) is 11.3 Å². The van der Waals surface area contributed by atoms with E-state index in [0.29, 0.717) is 32.0 Å². The zero-order valence-corrected chi connectivity index (χ0v) is 14.9. The summed E-state index contributed by atoms with van der Waals surface area (Å²) >= 11 is 0. The van der Waals surface area contributed by atoms with Gasteiger partial charge in [0, 0.05) is 25.2 Å². The van der Waals surface area contributed by atoms with Crippen LogP contribution in [0, 0.1) is 11.6 Å². The van der Waals surface area contributed by atoms with Gasteiger partial charge >= 0.3 is 0 Å². The molecule has 2 aromatic carbocycles. The molecule has 0 unspecified atom stereocenters. The Bertz CT molecular complexity index is 961. The highest BCUT2D eigenvalue weighted by Gasteiger charge is 2.23. The molecule has 0 radical (unpaired) electrons. The van der Waals surface area contributed by atoms with Crippen LogP contribution in [-0.2, 0) is 27.8 Å². The zero-order valence-electron chi connectivity index (χ0n) is 14.1. The van der Waals surface area contributed by atoms with Gasteiger partial charge in [-0.25, -0.2) is 17.2 Å². The van der Waals surface area contributed by atoms with Crippen LogP contribution in [0.25, 0.3) is 0 Å². The number of sulfonamides is 1. The molecule has 1 heterocycles. The number of halogens is 2. The van der Waals surface area contributed by atoms with Gasteiger partial charge in [-0.1, -0.05) is 13.0 Å². The van der Waals surface area contributed by atoms with Crippen molar-refractivity contribution < 1.29 is 22.0 Å². The lowest BCUT2D eigenvalue weighted by atomic mass is 9.99. The van der Waals surface area contributed by atoms with Gasteiger partial charge in [0.05, 0.1) is 0 Å². The van der Waals surface area contributed by atoms with Crippen molar-refractivity contribution in [2.45, 2.75) is 31.2 Å². The predicted molar refractivity (Wildman–Crippen MR) is 93.0 cm³/mol. The second-order valence-corrected chi connectivity index (χ2v) is 7.73. The summed E-state index contributed by atoms with van der Waals surface area (Å²) in [6, 6.07) is 7.24. The Morgan fingerprint density at radius 3 is 2.65 bits per heavy atom. The summed E-state index contributed by atoms with van der Waals surface area (Å²) in [5, 5.41) is 0. The quantitative estimate of drug-likeness (QED) is 0.887. The van der Waals surface area contributed by atoms with Crippen LogP contribution in [0.1, 0.15) is 24.5 Å². The maximum Gasteiger partial charge on any atom is 0.264 e. The van der Waals surface area contributed by atoms with E-state index in [4.69, 9.17) is 0 Å². The van der Waals surface area contributed by atoms with Crippen LogP contribution in [0.3, 0.4) is 0 Å². The number of carbonyl (C=O) groups excluding carboxylic acids is 1. The molecule has 2 aromatic rings. The van der Waals surface area contributed by atoms with Crippen molar-refractivity contribution in [2.24, 2.45) is 0 Å². The third-order valence-electron chi connectivity index (χ3n) is 4.31. The maximum absolute atomic E-state index is 13.8. The third kappa shape index (κ3) is 3.70. The normalized spacial score (nSPS) is 14.0. The fourth-order valence-electron chi connectivity index (χ4n) is 2.95. The number of carbonyl (C=O) groups is 1. The summed E-state index contributed by atoms with van der Waals surface area (Å²) in [6.45, 7) is 2.81. The van der Waals surface area contributed by atoms with Crippen molar-refractivity contribution >= 4 is 21.6 Å². The minimum Gasteiger partial charge on any atom is -0.338 e. The number of nitrogens with one attached hydrogen (secondary N) is 1. The largest absolute Gasteiger partial charge is 0.338 e. The van der Waals surface area contributed by atoms with E-state index in [1.807, 2.05) is 0 Å². The van der Waals surface area contributed by atoms with Crippen molar-refractivity contribution in [1.29, 1.82) is 0 Å². The van der Waals surface area contributed by atoms with E-state index in [1.54, 1.807) is 30.0 Å². The lowest BCUT2D eigenvalue weighted by Crippen LogP contribution is -2.35. The molecule has 26 heavy (non-hydrogen) atoms. The molecule has 0 saturated carbocycles. The molecule has 5 nitrogen and oxygen atoms in total. The number of hydrogen-bond donors (Lipinski definition) is 1. The van der Waals surface area contributed by atoms with Crippen molar-refractivity contribution in [3.8, 4) is 0 Å². The number of fused-ring (bicyclic) bond motifs is 1. The molecule has 1 amide bonds. The molecular weight excluding hydrogens is 362 g/mol. The third-order valence-corrected chi connectivity index (χ3v) is 5.70. The van der Waals surface area contributed by atoms with Gasteiger partial charge in [0.1, 0.15) is 16.5 Å². The van der Waals surface area contributed by atoms with Crippen LogP contribution in [0.5, 0.6) is 0 Å². The molecule has 0 fully saturated rings. The molecule has 8 heteroatoms. The minimum absolute atomic E-state index is 0.0310. The summed E-state index contributed by atoms with van der Waals surface area (Å²) in [4.78, 5) is 12.8. The molecule has 1 aliphatic rings. The van der Waals surface area contributed by atoms with Crippen LogP contribution in [-0.4, -0.2) is 25.8 Å². The Labute approximate surface area is 150 Å². The van der Waals surface area contributed by atoms with E-state index in [9.17, 15) is 22.0 Å². The van der Waals surface area contributed by atoms with Gasteiger partial charge in [-0.15, -0.1) is 0 Å². The van der Waals surface area contributed by atoms with Gasteiger partial charge in [-0.2, -0.15) is 0 Å². The van der Waals surface area contributed by atoms with Gasteiger partial charge in [0.2, 0.25) is 5.91 Å². The fourth-order valence-corrected chi connectivity index (χ4v) is 4.09. The van der Waals surface area contributed by atoms with Gasteiger partial charge in [-0.3, -0.25) is 9.52 Å². The van der Waals surface area contributed by atoms with Crippen LogP contribution >= 0.6 is 0 Å². The smallest absolute Gasteiger partial charge is 0.264 e. The first-order chi connectivity index (χ1) is 12.3. The molecule has 0 saturated heterocycles. The molecule has 0 aromatic heterocycles. The number of anilines is 1. The molecule has 3 rings (SSSR count). The van der Waals surface area contributed by atoms with E-state index in [2.05, 4.69) is 4.72 Å². The zero-order chi connectivity index (χ0) is 18.9. The van der Waals surface area contributed by atoms with E-state index < -0.39 is 26.6 Å². The number of rotatable bonds is 4. The minimum atomic E-state index is -4.27. The van der Waals surface area contributed by atoms with Gasteiger partial charge < -0.3 is 4.90 Å². The predicted octanol–water partition coefficient (Wildman–Crippen LogP) is 3.06. The molecule has 0 bridgehead atoms. The summed E-state index contributed by atoms with van der Waals surface area (Å²) in [5.41, 5.74) is 2.10. The van der Waals surface area contributed by atoms with E-state index in [0.717, 1.165) is 23.3 Å². The molecular formula is C18H18F2N2O3S. The standard InChI is InChI=1S/C18H18F2N2O3S/c1-2-18(23)22-8-7-12-3-5-15(9-13(12)11-22)21-26(24,25)17-10-14(19)4-6-16(17)20/h3-6,9-10,21H,2,7-8,11H2,1H3. The SMILES string of the molecule is CCC(=O)N1CCc2ccc(NS(=O)(=O)c3cc(F)ccc3F)cc2C1. The van der Waals surface area contributed by atoms with Crippen molar-refractivity contribution in [1.82, 2.24) is 4.90 Å². The topological polar surface area (TPSA) is 66.5 Å². The summed E-state index contributed by atoms with van der Waals surface area (Å²) in [7, 11) is -4.27. The highest BCUT2D eigenvalue weighted by atomic mass is 32.2. The first-order valence-corrected chi connectivity index (χ1v) is 9.66. The lowest BCUT2D eigenvalue weighted by molar-refractivity contribution is -0.131. The summed E-state index contributed by atoms with van der Waals surface area (Å²) in [5.74, 6) is -1.84. The first kappa shape index (κ1) is 18.3. The molecule has 0 atom stereocenters. The highest BCUT2D eigenvalue weighted by molar-refractivity contribution is 7.92. The number of benzene rings is 2. The van der Waals surface area contributed by atoms with E-state index >= 15 is 0 Å². The molecule has 0 spiro atoms. The Balaban J connectivity index is 1.87. The highest BCUT2D eigenvalue weighted by Crippen LogP contribution is 2.25.